The summed E-state index contributed by atoms with van der Waals surface area (Å²) in [4.78, 5) is 0. The van der Waals surface area contributed by atoms with Crippen molar-refractivity contribution in [3.63, 3.8) is 0 Å². The summed E-state index contributed by atoms with van der Waals surface area (Å²) in [5.74, 6) is 8.31. The van der Waals surface area contributed by atoms with Gasteiger partial charge in [0.15, 0.2) is 4.13 Å². The summed E-state index contributed by atoms with van der Waals surface area (Å²) in [6.45, 7) is 0. The fraction of sp³-hybridized carbons (Fsp3) is 0. The van der Waals surface area contributed by atoms with Gasteiger partial charge in [-0.15, -0.1) is 0 Å². The predicted molar refractivity (Wildman–Crippen MR) is 31.2 cm³/mol. The monoisotopic (exact) mass is 207 g/mol. The zero-order valence-corrected chi connectivity index (χ0v) is 6.55. The maximum atomic E-state index is 10.2. The molecule has 0 spiro atoms. The first-order chi connectivity index (χ1) is 4.83. The van der Waals surface area contributed by atoms with Crippen LogP contribution >= 0.6 is 0 Å². The Morgan fingerprint density at radius 1 is 1.00 bits per heavy atom. The average Bonchev–Trinajstić information content (AvgIpc) is 1.86. The minimum atomic E-state index is -4.55. The van der Waals surface area contributed by atoms with E-state index in [2.05, 4.69) is 20.4 Å². The first-order valence-corrected chi connectivity index (χ1v) is 4.70. The highest BCUT2D eigenvalue weighted by Gasteiger charge is 2.50. The molecule has 0 rings (SSSR count). The molecule has 0 saturated carbocycles. The smallest absolute Gasteiger partial charge is 0.159 e. The normalized spacial score (nSPS) is 22.2. The van der Waals surface area contributed by atoms with Gasteiger partial charge in [-0.3, -0.25) is 0 Å². The average molecular weight is 207 g/mol. The molecule has 11 heavy (non-hydrogen) atoms. The Kier molecular flexibility index (Phi) is 3.62. The lowest BCUT2D eigenvalue weighted by molar-refractivity contribution is 0.236. The van der Waals surface area contributed by atoms with E-state index in [1.165, 1.54) is 0 Å². The first-order valence-electron chi connectivity index (χ1n) is 1.88. The predicted octanol–water partition coefficient (Wildman–Crippen LogP) is -2.29. The number of rotatable bonds is 4. The summed E-state index contributed by atoms with van der Waals surface area (Å²) >= 11 is 0. The summed E-state index contributed by atoms with van der Waals surface area (Å²) in [6, 6.07) is 0. The van der Waals surface area contributed by atoms with Gasteiger partial charge in [0.25, 0.3) is 0 Å². The van der Waals surface area contributed by atoms with E-state index < -0.39 is 21.4 Å². The second kappa shape index (κ2) is 3.61. The summed E-state index contributed by atoms with van der Waals surface area (Å²) in [5, 5.41) is 0. The van der Waals surface area contributed by atoms with Crippen LogP contribution in [0.3, 0.4) is 0 Å². The second-order valence-electron chi connectivity index (χ2n) is 1.18. The molecule has 0 aliphatic rings. The molecular formula is H5N3O6S2+2. The Bertz CT molecular complexity index is 190. The molecule has 0 bridgehead atoms. The molecule has 0 saturated heterocycles. The molecule has 2 unspecified atom stereocenters. The molecule has 9 nitrogen and oxygen atoms in total. The second-order valence-corrected chi connectivity index (χ2v) is 4.05. The quantitative estimate of drug-likeness (QED) is 0.347. The van der Waals surface area contributed by atoms with Gasteiger partial charge in [-0.25, -0.2) is 0 Å². The molecule has 0 fully saturated rings. The van der Waals surface area contributed by atoms with Crippen molar-refractivity contribution >= 4 is 21.4 Å². The van der Waals surface area contributed by atoms with Crippen molar-refractivity contribution in [1.82, 2.24) is 4.13 Å². The Balaban J connectivity index is 4.26. The van der Waals surface area contributed by atoms with Gasteiger partial charge in [0.05, 0.1) is 0 Å². The summed E-state index contributed by atoms with van der Waals surface area (Å²) in [5.41, 5.74) is 0. The van der Waals surface area contributed by atoms with E-state index in [1.807, 2.05) is 0 Å². The van der Waals surface area contributed by atoms with Crippen LogP contribution in [-0.4, -0.2) is 0 Å². The third-order valence-electron chi connectivity index (χ3n) is 0.457. The van der Waals surface area contributed by atoms with Crippen molar-refractivity contribution < 1.29 is 26.1 Å². The van der Waals surface area contributed by atoms with Crippen molar-refractivity contribution in [3.8, 4) is 0 Å². The van der Waals surface area contributed by atoms with E-state index in [-0.39, 0.29) is 0 Å². The first kappa shape index (κ1) is 11.0. The standard InChI is InChI=1S/H5N3O6S2/c1-8-10(4,5)3-11(6,7)9-2/h1-2H2,(H,3,4,6)/q+2. The molecular weight excluding hydrogens is 202 g/mol. The molecule has 2 radical (unpaired) electrons. The van der Waals surface area contributed by atoms with Crippen LogP contribution in [0.1, 0.15) is 0 Å². The van der Waals surface area contributed by atoms with Gasteiger partial charge in [0.1, 0.15) is 9.11 Å². The highest BCUT2D eigenvalue weighted by molar-refractivity contribution is 8.06. The van der Waals surface area contributed by atoms with Crippen molar-refractivity contribution in [2.45, 2.75) is 0 Å². The maximum Gasteiger partial charge on any atom is 0.540 e. The van der Waals surface area contributed by atoms with Crippen LogP contribution in [0.5, 0.6) is 0 Å². The zero-order chi connectivity index (χ0) is 9.12. The third-order valence-corrected chi connectivity index (χ3v) is 2.60. The van der Waals surface area contributed by atoms with Crippen LogP contribution in [0, 0.1) is 0 Å². The molecule has 2 atom stereocenters. The molecule has 0 heterocycles. The van der Waals surface area contributed by atoms with E-state index in [0.717, 1.165) is 4.13 Å². The van der Waals surface area contributed by atoms with E-state index in [4.69, 9.17) is 0 Å². The number of nitrogens with one attached hydrogen (secondary N) is 1. The van der Waals surface area contributed by atoms with Gasteiger partial charge in [0.2, 0.25) is 0 Å². The fourth-order valence-electron chi connectivity index (χ4n) is 0.164. The molecule has 0 aromatic rings. The minimum Gasteiger partial charge on any atom is -0.159 e. The molecule has 11 heteroatoms. The summed E-state index contributed by atoms with van der Waals surface area (Å²) in [6.07, 6.45) is 0. The van der Waals surface area contributed by atoms with Crippen LogP contribution in [0.25, 0.3) is 0 Å². The number of nitrogens with two attached hydrogens (primary N) is 2. The highest BCUT2D eigenvalue weighted by Crippen LogP contribution is 2.02. The van der Waals surface area contributed by atoms with Crippen LogP contribution in [0.15, 0.2) is 0 Å². The van der Waals surface area contributed by atoms with Gasteiger partial charge in [0, 0.05) is 8.42 Å². The van der Waals surface area contributed by atoms with Crippen LogP contribution in [-0.2, 0) is 47.5 Å². The van der Waals surface area contributed by atoms with E-state index in [1.54, 1.807) is 0 Å². The molecule has 0 aromatic heterocycles. The Labute approximate surface area is 64.1 Å². The van der Waals surface area contributed by atoms with Crippen LogP contribution in [0.4, 0.5) is 0 Å². The lowest BCUT2D eigenvalue weighted by Gasteiger charge is -1.92. The maximum absolute atomic E-state index is 10.2. The zero-order valence-electron chi connectivity index (χ0n) is 4.92. The summed E-state index contributed by atoms with van der Waals surface area (Å²) in [7, 11) is -9.11. The Morgan fingerprint density at radius 3 is 1.45 bits per heavy atom. The van der Waals surface area contributed by atoms with Gasteiger partial charge in [-0.05, 0) is 8.57 Å². The van der Waals surface area contributed by atoms with Gasteiger partial charge >= 0.3 is 21.4 Å². The lowest BCUT2D eigenvalue weighted by Crippen LogP contribution is -2.42. The van der Waals surface area contributed by atoms with Gasteiger partial charge in [-0.1, -0.05) is 0 Å². The van der Waals surface area contributed by atoms with Crippen molar-refractivity contribution in [2.24, 2.45) is 11.8 Å². The van der Waals surface area contributed by atoms with E-state index >= 15 is 0 Å². The molecule has 66 valence electrons. The van der Waals surface area contributed by atoms with Crippen molar-refractivity contribution in [3.05, 3.63) is 0 Å². The fourth-order valence-corrected chi connectivity index (χ4v) is 1.48. The Hall–Kier alpha value is 0.0200. The topological polar surface area (TPSA) is 156 Å². The van der Waals surface area contributed by atoms with Crippen LogP contribution < -0.4 is 15.9 Å². The van der Waals surface area contributed by atoms with E-state index in [0.29, 0.717) is 0 Å². The van der Waals surface area contributed by atoms with Crippen molar-refractivity contribution in [1.29, 1.82) is 0 Å². The lowest BCUT2D eigenvalue weighted by atomic mass is 13.6. The minimum absolute atomic E-state index is 0.882. The molecule has 0 aliphatic heterocycles. The van der Waals surface area contributed by atoms with E-state index in [9.17, 15) is 17.5 Å². The van der Waals surface area contributed by atoms with Gasteiger partial charge in [-0.2, -0.15) is 11.8 Å². The molecule has 0 aliphatic carbocycles. The van der Waals surface area contributed by atoms with Gasteiger partial charge < -0.3 is 0 Å². The molecule has 0 aromatic carbocycles. The summed E-state index contributed by atoms with van der Waals surface area (Å²) < 4.78 is 48.1. The highest BCUT2D eigenvalue weighted by atomic mass is 32.3. The van der Waals surface area contributed by atoms with Crippen LogP contribution in [0.2, 0.25) is 0 Å². The molecule has 0 amide bonds. The largest absolute Gasteiger partial charge is 0.540 e. The Morgan fingerprint density at radius 2 is 1.27 bits per heavy atom. The SMILES string of the molecule is NO[S+]([O])(=O)N[S+]([O])(=O)ON. The third kappa shape index (κ3) is 4.46. The molecule has 5 N–H and O–H groups in total. The number of hydrogen-bond acceptors (Lipinski definition) is 6. The van der Waals surface area contributed by atoms with Crippen molar-refractivity contribution in [2.75, 3.05) is 0 Å². The number of hydrogen-bond donors (Lipinski definition) is 3.